The maximum Gasteiger partial charge on any atom is 0.329 e. The minimum absolute atomic E-state index is 0.0580. The Labute approximate surface area is 213 Å². The summed E-state index contributed by atoms with van der Waals surface area (Å²) in [6.07, 6.45) is 4.57. The number of pyridine rings is 1. The highest BCUT2D eigenvalue weighted by Gasteiger charge is 2.24. The van der Waals surface area contributed by atoms with E-state index in [1.807, 2.05) is 24.3 Å². The number of amides is 1. The monoisotopic (exact) mass is 509 g/mol. The van der Waals surface area contributed by atoms with E-state index in [4.69, 9.17) is 21.1 Å². The van der Waals surface area contributed by atoms with E-state index < -0.39 is 17.9 Å². The summed E-state index contributed by atoms with van der Waals surface area (Å²) in [4.78, 5) is 40.9. The average Bonchev–Trinajstić information content (AvgIpc) is 2.88. The summed E-state index contributed by atoms with van der Waals surface area (Å²) in [6, 6.07) is 14.1. The van der Waals surface area contributed by atoms with Crippen LogP contribution < -0.4 is 16.2 Å². The highest BCUT2D eigenvalue weighted by molar-refractivity contribution is 6.30. The topological polar surface area (TPSA) is 110 Å². The van der Waals surface area contributed by atoms with Crippen LogP contribution in [0.5, 0.6) is 0 Å². The molecule has 3 N–H and O–H groups in total. The Hall–Kier alpha value is -3.46. The first-order chi connectivity index (χ1) is 17.5. The summed E-state index contributed by atoms with van der Waals surface area (Å²) in [7, 11) is 0. The zero-order valence-corrected chi connectivity index (χ0v) is 20.4. The summed E-state index contributed by atoms with van der Waals surface area (Å²) in [5.74, 6) is -1.04. The SMILES string of the molecule is O=C(NC(Cc1cc(=O)[nH]c2ccccc12)C(=O)OCC=CCC1CNCCO1)c1ccc(Cl)cc1. The molecule has 2 atom stereocenters. The van der Waals surface area contributed by atoms with Crippen LogP contribution in [0.3, 0.4) is 0 Å². The lowest BCUT2D eigenvalue weighted by atomic mass is 10.0. The minimum Gasteiger partial charge on any atom is -0.460 e. The second kappa shape index (κ2) is 12.5. The average molecular weight is 510 g/mol. The van der Waals surface area contributed by atoms with Gasteiger partial charge in [0, 0.05) is 47.1 Å². The predicted molar refractivity (Wildman–Crippen MR) is 138 cm³/mol. The molecule has 1 fully saturated rings. The molecule has 188 valence electrons. The fourth-order valence-electron chi connectivity index (χ4n) is 4.02. The van der Waals surface area contributed by atoms with Gasteiger partial charge in [0.2, 0.25) is 5.56 Å². The zero-order chi connectivity index (χ0) is 25.3. The van der Waals surface area contributed by atoms with Gasteiger partial charge in [-0.1, -0.05) is 42.0 Å². The number of carbonyl (C=O) groups excluding carboxylic acids is 2. The van der Waals surface area contributed by atoms with Crippen molar-refractivity contribution in [1.29, 1.82) is 0 Å². The Kier molecular flexibility index (Phi) is 8.89. The number of morpholine rings is 1. The van der Waals surface area contributed by atoms with Crippen molar-refractivity contribution in [3.63, 3.8) is 0 Å². The van der Waals surface area contributed by atoms with Crippen LogP contribution in [-0.2, 0) is 20.7 Å². The third-order valence-corrected chi connectivity index (χ3v) is 6.10. The van der Waals surface area contributed by atoms with Crippen molar-refractivity contribution in [3.8, 4) is 0 Å². The van der Waals surface area contributed by atoms with Crippen LogP contribution in [-0.4, -0.2) is 55.3 Å². The fourth-order valence-corrected chi connectivity index (χ4v) is 4.15. The molecule has 0 bridgehead atoms. The number of benzene rings is 2. The molecule has 1 aliphatic rings. The van der Waals surface area contributed by atoms with Crippen LogP contribution in [0.25, 0.3) is 10.9 Å². The number of aromatic nitrogens is 1. The lowest BCUT2D eigenvalue weighted by Gasteiger charge is -2.22. The molecule has 1 saturated heterocycles. The van der Waals surface area contributed by atoms with Crippen molar-refractivity contribution < 1.29 is 19.1 Å². The third-order valence-electron chi connectivity index (χ3n) is 5.85. The van der Waals surface area contributed by atoms with Crippen molar-refractivity contribution in [3.05, 3.63) is 93.3 Å². The quantitative estimate of drug-likeness (QED) is 0.302. The number of esters is 1. The normalized spacial score (nSPS) is 16.6. The molecule has 2 unspecified atom stereocenters. The zero-order valence-electron chi connectivity index (χ0n) is 19.7. The van der Waals surface area contributed by atoms with Gasteiger partial charge in [0.1, 0.15) is 12.6 Å². The van der Waals surface area contributed by atoms with Gasteiger partial charge in [-0.3, -0.25) is 9.59 Å². The number of hydrogen-bond acceptors (Lipinski definition) is 6. The van der Waals surface area contributed by atoms with E-state index in [1.165, 1.54) is 6.07 Å². The van der Waals surface area contributed by atoms with Gasteiger partial charge in [0.05, 0.1) is 12.7 Å². The van der Waals surface area contributed by atoms with E-state index in [0.717, 1.165) is 18.5 Å². The number of hydrogen-bond donors (Lipinski definition) is 3. The Morgan fingerprint density at radius 2 is 1.97 bits per heavy atom. The van der Waals surface area contributed by atoms with Crippen molar-refractivity contribution in [1.82, 2.24) is 15.6 Å². The molecule has 9 heteroatoms. The number of carbonyl (C=O) groups is 2. The van der Waals surface area contributed by atoms with Gasteiger partial charge >= 0.3 is 5.97 Å². The number of ether oxygens (including phenoxy) is 2. The van der Waals surface area contributed by atoms with Crippen LogP contribution in [0.1, 0.15) is 22.3 Å². The van der Waals surface area contributed by atoms with Crippen LogP contribution in [0, 0.1) is 0 Å². The Balaban J connectivity index is 1.47. The van der Waals surface area contributed by atoms with Crippen LogP contribution >= 0.6 is 11.6 Å². The van der Waals surface area contributed by atoms with Crippen LogP contribution in [0.15, 0.2) is 71.5 Å². The summed E-state index contributed by atoms with van der Waals surface area (Å²) in [6.45, 7) is 2.37. The number of para-hydroxylation sites is 1. The van der Waals surface area contributed by atoms with E-state index >= 15 is 0 Å². The van der Waals surface area contributed by atoms with Gasteiger partial charge < -0.3 is 25.1 Å². The molecule has 2 heterocycles. The van der Waals surface area contributed by atoms with Crippen molar-refractivity contribution in [2.24, 2.45) is 0 Å². The Morgan fingerprint density at radius 3 is 2.75 bits per heavy atom. The fraction of sp³-hybridized carbons (Fsp3) is 0.296. The van der Waals surface area contributed by atoms with E-state index in [-0.39, 0.29) is 24.7 Å². The van der Waals surface area contributed by atoms with Crippen molar-refractivity contribution in [2.75, 3.05) is 26.3 Å². The molecule has 0 aliphatic carbocycles. The first-order valence-electron chi connectivity index (χ1n) is 11.8. The van der Waals surface area contributed by atoms with Gasteiger partial charge in [-0.15, -0.1) is 0 Å². The largest absolute Gasteiger partial charge is 0.460 e. The number of rotatable bonds is 9. The summed E-state index contributed by atoms with van der Waals surface area (Å²) in [5.41, 5.74) is 1.35. The second-order valence-corrected chi connectivity index (χ2v) is 8.91. The van der Waals surface area contributed by atoms with Gasteiger partial charge in [0.15, 0.2) is 0 Å². The van der Waals surface area contributed by atoms with Gasteiger partial charge in [-0.05, 0) is 42.3 Å². The molecule has 1 aliphatic heterocycles. The molecule has 0 spiro atoms. The van der Waals surface area contributed by atoms with Gasteiger partial charge in [-0.2, -0.15) is 0 Å². The minimum atomic E-state index is -1.00. The first kappa shape index (κ1) is 25.6. The summed E-state index contributed by atoms with van der Waals surface area (Å²) in [5, 5.41) is 7.31. The van der Waals surface area contributed by atoms with E-state index in [2.05, 4.69) is 15.6 Å². The van der Waals surface area contributed by atoms with Crippen LogP contribution in [0.4, 0.5) is 0 Å². The highest BCUT2D eigenvalue weighted by Crippen LogP contribution is 2.17. The molecule has 3 aromatic rings. The maximum atomic E-state index is 13.0. The number of aromatic amines is 1. The molecular formula is C27H28ClN3O5. The number of H-pyrrole nitrogens is 1. The lowest BCUT2D eigenvalue weighted by Crippen LogP contribution is -2.43. The highest BCUT2D eigenvalue weighted by atomic mass is 35.5. The number of nitrogens with one attached hydrogen (secondary N) is 3. The Morgan fingerprint density at radius 1 is 1.17 bits per heavy atom. The van der Waals surface area contributed by atoms with E-state index in [0.29, 0.717) is 34.7 Å². The molecule has 1 amide bonds. The van der Waals surface area contributed by atoms with E-state index in [9.17, 15) is 14.4 Å². The third kappa shape index (κ3) is 7.04. The molecule has 0 saturated carbocycles. The number of fused-ring (bicyclic) bond motifs is 1. The van der Waals surface area contributed by atoms with Gasteiger partial charge in [0.25, 0.3) is 5.91 Å². The summed E-state index contributed by atoms with van der Waals surface area (Å²) < 4.78 is 11.1. The van der Waals surface area contributed by atoms with Crippen LogP contribution in [0.2, 0.25) is 5.02 Å². The molecule has 36 heavy (non-hydrogen) atoms. The van der Waals surface area contributed by atoms with Crippen molar-refractivity contribution >= 4 is 34.4 Å². The molecule has 4 rings (SSSR count). The number of halogens is 1. The van der Waals surface area contributed by atoms with Gasteiger partial charge in [-0.25, -0.2) is 4.79 Å². The molecule has 1 aromatic heterocycles. The smallest absolute Gasteiger partial charge is 0.329 e. The molecule has 0 radical (unpaired) electrons. The maximum absolute atomic E-state index is 13.0. The molecule has 2 aromatic carbocycles. The standard InChI is InChI=1S/C27H28ClN3O5/c28-20-10-8-18(9-11-20)26(33)31-24(15-19-16-25(32)30-23-7-2-1-6-22(19)23)27(34)36-13-4-3-5-21-17-29-12-14-35-21/h1-4,6-11,16,21,24,29H,5,12-15,17H2,(H,30,32)(H,31,33). The first-order valence-corrected chi connectivity index (χ1v) is 12.2. The Bertz CT molecular complexity index is 1280. The van der Waals surface area contributed by atoms with E-state index in [1.54, 1.807) is 36.4 Å². The second-order valence-electron chi connectivity index (χ2n) is 8.48. The predicted octanol–water partition coefficient (Wildman–Crippen LogP) is 3.00. The summed E-state index contributed by atoms with van der Waals surface area (Å²) >= 11 is 5.93. The molecular weight excluding hydrogens is 482 g/mol. The lowest BCUT2D eigenvalue weighted by molar-refractivity contribution is -0.144. The van der Waals surface area contributed by atoms with Crippen molar-refractivity contribution in [2.45, 2.75) is 25.0 Å². The molecule has 8 nitrogen and oxygen atoms in total.